The molecule has 34 heavy (non-hydrogen) atoms. The van der Waals surface area contributed by atoms with Gasteiger partial charge < -0.3 is 10.1 Å². The minimum atomic E-state index is -3.65. The van der Waals surface area contributed by atoms with Crippen molar-refractivity contribution in [3.05, 3.63) is 24.3 Å². The minimum Gasteiger partial charge on any atom is -0.494 e. The van der Waals surface area contributed by atoms with Gasteiger partial charge in [-0.25, -0.2) is 8.42 Å². The van der Waals surface area contributed by atoms with Crippen LogP contribution >= 0.6 is 0 Å². The van der Waals surface area contributed by atoms with E-state index in [0.29, 0.717) is 24.5 Å². The number of amides is 2. The molecule has 1 atom stereocenters. The highest BCUT2D eigenvalue weighted by atomic mass is 32.2. The summed E-state index contributed by atoms with van der Waals surface area (Å²) in [5.74, 6) is -0.102. The van der Waals surface area contributed by atoms with Crippen LogP contribution < -0.4 is 15.0 Å². The van der Waals surface area contributed by atoms with Gasteiger partial charge in [-0.1, -0.05) is 39.0 Å². The van der Waals surface area contributed by atoms with E-state index in [1.807, 2.05) is 6.92 Å². The maximum atomic E-state index is 13.8. The Balaban J connectivity index is 1.93. The zero-order valence-corrected chi connectivity index (χ0v) is 21.5. The first-order valence-corrected chi connectivity index (χ1v) is 14.2. The lowest BCUT2D eigenvalue weighted by atomic mass is 9.92. The number of carbonyl (C=O) groups is 2. The van der Waals surface area contributed by atoms with Crippen molar-refractivity contribution in [2.45, 2.75) is 83.7 Å². The molecule has 8 nitrogen and oxygen atoms in total. The summed E-state index contributed by atoms with van der Waals surface area (Å²) in [4.78, 5) is 28.6. The molecule has 0 unspecified atom stereocenters. The second-order valence-electron chi connectivity index (χ2n) is 9.53. The van der Waals surface area contributed by atoms with Crippen molar-refractivity contribution < 1.29 is 22.7 Å². The summed E-state index contributed by atoms with van der Waals surface area (Å²) in [6, 6.07) is 7.06. The molecule has 2 aliphatic rings. The van der Waals surface area contributed by atoms with Gasteiger partial charge in [0.2, 0.25) is 21.8 Å². The highest BCUT2D eigenvalue weighted by molar-refractivity contribution is 7.89. The Hall–Kier alpha value is -2.13. The van der Waals surface area contributed by atoms with Crippen LogP contribution in [-0.2, 0) is 19.6 Å². The molecular weight excluding hydrogens is 454 g/mol. The fourth-order valence-electron chi connectivity index (χ4n) is 4.95. The van der Waals surface area contributed by atoms with Crippen LogP contribution in [0.25, 0.3) is 0 Å². The highest BCUT2D eigenvalue weighted by Crippen LogP contribution is 2.32. The second kappa shape index (κ2) is 11.5. The van der Waals surface area contributed by atoms with Crippen LogP contribution in [0.1, 0.15) is 72.1 Å². The Kier molecular flexibility index (Phi) is 8.98. The molecule has 1 aliphatic heterocycles. The van der Waals surface area contributed by atoms with Gasteiger partial charge in [-0.2, -0.15) is 4.31 Å². The third-order valence-electron chi connectivity index (χ3n) is 6.73. The highest BCUT2D eigenvalue weighted by Gasteiger charge is 2.51. The molecule has 1 aromatic carbocycles. The molecular formula is C25H39N3O5S. The first kappa shape index (κ1) is 26.5. The van der Waals surface area contributed by atoms with Crippen LogP contribution in [-0.4, -0.2) is 61.6 Å². The number of piperazine rings is 1. The number of rotatable bonds is 8. The maximum absolute atomic E-state index is 13.8. The standard InChI is InChI=1S/C25H39N3O5S/c1-4-17-34(31,32)27-18-23(29)28(21-13-15-22(16-14-21)33-5-2)25(3,19-27)24(30)26-20-11-9-7-6-8-10-12-20/h13-16,20H,4-12,17-19H2,1-3H3,(H,26,30)/t25-/m1/s1. The Morgan fingerprint density at radius 1 is 1.09 bits per heavy atom. The molecule has 9 heteroatoms. The van der Waals surface area contributed by atoms with E-state index in [9.17, 15) is 18.0 Å². The van der Waals surface area contributed by atoms with Crippen LogP contribution in [0.5, 0.6) is 5.75 Å². The zero-order chi connectivity index (χ0) is 24.8. The molecule has 3 rings (SSSR count). The van der Waals surface area contributed by atoms with Crippen molar-refractivity contribution in [2.75, 3.05) is 30.3 Å². The van der Waals surface area contributed by atoms with Crippen LogP contribution in [0, 0.1) is 0 Å². The number of ether oxygens (including phenoxy) is 1. The molecule has 190 valence electrons. The van der Waals surface area contributed by atoms with E-state index in [1.165, 1.54) is 15.6 Å². The van der Waals surface area contributed by atoms with Crippen molar-refractivity contribution in [3.8, 4) is 5.75 Å². The summed E-state index contributed by atoms with van der Waals surface area (Å²) in [6.45, 7) is 5.52. The Bertz CT molecular complexity index is 942. The number of hydrogen-bond acceptors (Lipinski definition) is 5. The van der Waals surface area contributed by atoms with Crippen LogP contribution in [0.3, 0.4) is 0 Å². The molecule has 0 spiro atoms. The van der Waals surface area contributed by atoms with Gasteiger partial charge in [0.15, 0.2) is 0 Å². The van der Waals surface area contributed by atoms with Crippen molar-refractivity contribution in [1.29, 1.82) is 0 Å². The Morgan fingerprint density at radius 3 is 2.29 bits per heavy atom. The lowest BCUT2D eigenvalue weighted by molar-refractivity contribution is -0.133. The number of carbonyl (C=O) groups excluding carboxylic acids is 2. The van der Waals surface area contributed by atoms with Gasteiger partial charge in [-0.05, 0) is 57.4 Å². The molecule has 1 aliphatic carbocycles. The molecule has 1 N–H and O–H groups in total. The zero-order valence-electron chi connectivity index (χ0n) is 20.7. The number of hydrogen-bond donors (Lipinski definition) is 1. The third-order valence-corrected chi connectivity index (χ3v) is 8.70. The quantitative estimate of drug-likeness (QED) is 0.598. The van der Waals surface area contributed by atoms with Gasteiger partial charge in [-0.15, -0.1) is 0 Å². The lowest BCUT2D eigenvalue weighted by Crippen LogP contribution is -2.71. The molecule has 0 bridgehead atoms. The lowest BCUT2D eigenvalue weighted by Gasteiger charge is -2.47. The molecule has 2 fully saturated rings. The number of benzene rings is 1. The number of anilines is 1. The molecule has 0 radical (unpaired) electrons. The van der Waals surface area contributed by atoms with E-state index in [1.54, 1.807) is 38.1 Å². The molecule has 1 aromatic rings. The predicted octanol–water partition coefficient (Wildman–Crippen LogP) is 3.46. The largest absolute Gasteiger partial charge is 0.494 e. The topological polar surface area (TPSA) is 96.0 Å². The fraction of sp³-hybridized carbons (Fsp3) is 0.680. The minimum absolute atomic E-state index is 0.0320. The third kappa shape index (κ3) is 6.10. The van der Waals surface area contributed by atoms with Gasteiger partial charge in [0, 0.05) is 18.3 Å². The molecule has 2 amide bonds. The predicted molar refractivity (Wildman–Crippen MR) is 133 cm³/mol. The number of nitrogens with one attached hydrogen (secondary N) is 1. The SMILES string of the molecule is CCCS(=O)(=O)N1CC(=O)N(c2ccc(OCC)cc2)[C@@](C)(C(=O)NC2CCCCCCC2)C1. The van der Waals surface area contributed by atoms with Crippen molar-refractivity contribution in [3.63, 3.8) is 0 Å². The average molecular weight is 494 g/mol. The van der Waals surface area contributed by atoms with E-state index >= 15 is 0 Å². The number of nitrogens with zero attached hydrogens (tertiary/aromatic N) is 2. The van der Waals surface area contributed by atoms with Crippen LogP contribution in [0.15, 0.2) is 24.3 Å². The smallest absolute Gasteiger partial charge is 0.247 e. The van der Waals surface area contributed by atoms with E-state index in [2.05, 4.69) is 5.32 Å². The van der Waals surface area contributed by atoms with E-state index in [-0.39, 0.29) is 30.8 Å². The van der Waals surface area contributed by atoms with Gasteiger partial charge in [0.1, 0.15) is 11.3 Å². The van der Waals surface area contributed by atoms with Crippen LogP contribution in [0.2, 0.25) is 0 Å². The van der Waals surface area contributed by atoms with E-state index in [0.717, 1.165) is 38.5 Å². The normalized spacial score (nSPS) is 23.3. The van der Waals surface area contributed by atoms with Gasteiger partial charge in [0.25, 0.3) is 0 Å². The maximum Gasteiger partial charge on any atom is 0.247 e. The summed E-state index contributed by atoms with van der Waals surface area (Å²) in [6.07, 6.45) is 7.89. The summed E-state index contributed by atoms with van der Waals surface area (Å²) in [7, 11) is -3.65. The monoisotopic (exact) mass is 493 g/mol. The summed E-state index contributed by atoms with van der Waals surface area (Å²) >= 11 is 0. The summed E-state index contributed by atoms with van der Waals surface area (Å²) < 4.78 is 32.5. The first-order valence-electron chi connectivity index (χ1n) is 12.6. The Labute approximate surface area is 204 Å². The van der Waals surface area contributed by atoms with Crippen molar-refractivity contribution >= 4 is 27.5 Å². The van der Waals surface area contributed by atoms with Gasteiger partial charge >= 0.3 is 0 Å². The molecule has 1 heterocycles. The summed E-state index contributed by atoms with van der Waals surface area (Å²) in [5.41, 5.74) is -0.817. The van der Waals surface area contributed by atoms with E-state index < -0.39 is 21.5 Å². The summed E-state index contributed by atoms with van der Waals surface area (Å²) in [5, 5.41) is 3.17. The number of sulfonamides is 1. The van der Waals surface area contributed by atoms with E-state index in [4.69, 9.17) is 4.74 Å². The van der Waals surface area contributed by atoms with Gasteiger partial charge in [0.05, 0.1) is 18.9 Å². The van der Waals surface area contributed by atoms with Gasteiger partial charge in [-0.3, -0.25) is 14.5 Å². The first-order chi connectivity index (χ1) is 16.2. The second-order valence-corrected chi connectivity index (χ2v) is 11.6. The average Bonchev–Trinajstić information content (AvgIpc) is 2.76. The fourth-order valence-corrected chi connectivity index (χ4v) is 6.48. The molecule has 1 saturated heterocycles. The Morgan fingerprint density at radius 2 is 1.71 bits per heavy atom. The van der Waals surface area contributed by atoms with Crippen molar-refractivity contribution in [1.82, 2.24) is 9.62 Å². The molecule has 1 saturated carbocycles. The van der Waals surface area contributed by atoms with Crippen LogP contribution in [0.4, 0.5) is 5.69 Å². The molecule has 0 aromatic heterocycles. The van der Waals surface area contributed by atoms with Crippen molar-refractivity contribution in [2.24, 2.45) is 0 Å².